The summed E-state index contributed by atoms with van der Waals surface area (Å²) in [5.41, 5.74) is 5.79. The van der Waals surface area contributed by atoms with Gasteiger partial charge in [-0.05, 0) is 38.3 Å². The summed E-state index contributed by atoms with van der Waals surface area (Å²) in [5.74, 6) is 0. The summed E-state index contributed by atoms with van der Waals surface area (Å²) in [6.07, 6.45) is 2.64. The largest absolute Gasteiger partial charge is 0.393 e. The molecule has 0 aromatic carbocycles. The zero-order valence-corrected chi connectivity index (χ0v) is 10.5. The molecule has 0 bridgehead atoms. The zero-order valence-electron chi connectivity index (χ0n) is 9.72. The highest BCUT2D eigenvalue weighted by molar-refractivity contribution is 7.16. The van der Waals surface area contributed by atoms with Crippen molar-refractivity contribution < 1.29 is 5.11 Å². The lowest BCUT2D eigenvalue weighted by molar-refractivity contribution is 0.145. The number of aliphatic hydroxyl groups is 1. The van der Waals surface area contributed by atoms with Gasteiger partial charge < -0.3 is 15.7 Å². The normalized spacial score (nSPS) is 20.1. The maximum absolute atomic E-state index is 9.46. The Morgan fingerprint density at radius 1 is 1.50 bits per heavy atom. The van der Waals surface area contributed by atoms with Crippen LogP contribution < -0.4 is 10.6 Å². The molecule has 16 heavy (non-hydrogen) atoms. The van der Waals surface area contributed by atoms with Crippen molar-refractivity contribution in [1.82, 2.24) is 0 Å². The Labute approximate surface area is 101 Å². The highest BCUT2D eigenvalue weighted by Gasteiger charge is 2.18. The van der Waals surface area contributed by atoms with E-state index in [1.165, 1.54) is 9.88 Å². The second-order valence-electron chi connectivity index (χ2n) is 4.64. The van der Waals surface area contributed by atoms with E-state index in [0.29, 0.717) is 0 Å². The van der Waals surface area contributed by atoms with Crippen LogP contribution in [-0.2, 0) is 6.42 Å². The topological polar surface area (TPSA) is 49.5 Å². The predicted molar refractivity (Wildman–Crippen MR) is 69.1 cm³/mol. The molecule has 1 aliphatic heterocycles. The van der Waals surface area contributed by atoms with Crippen LogP contribution in [0, 0.1) is 0 Å². The lowest BCUT2D eigenvalue weighted by Crippen LogP contribution is -2.35. The average molecular weight is 240 g/mol. The second-order valence-corrected chi connectivity index (χ2v) is 5.79. The highest BCUT2D eigenvalue weighted by atomic mass is 32.1. The lowest BCUT2D eigenvalue weighted by atomic mass is 10.1. The van der Waals surface area contributed by atoms with Crippen molar-refractivity contribution in [3.63, 3.8) is 0 Å². The number of nitrogens with two attached hydrogens (primary N) is 1. The van der Waals surface area contributed by atoms with Gasteiger partial charge in [0.05, 0.1) is 11.1 Å². The molecular formula is C12H20N2OS. The molecule has 4 heteroatoms. The van der Waals surface area contributed by atoms with Crippen LogP contribution in [-0.4, -0.2) is 30.3 Å². The summed E-state index contributed by atoms with van der Waals surface area (Å²) in [4.78, 5) is 3.72. The first kappa shape index (κ1) is 11.9. The smallest absolute Gasteiger partial charge is 0.0911 e. The summed E-state index contributed by atoms with van der Waals surface area (Å²) < 4.78 is 0. The Morgan fingerprint density at radius 2 is 2.19 bits per heavy atom. The number of hydrogen-bond donors (Lipinski definition) is 2. The van der Waals surface area contributed by atoms with Crippen LogP contribution in [0.4, 0.5) is 5.00 Å². The third-order valence-electron chi connectivity index (χ3n) is 2.95. The number of nitrogens with zero attached hydrogens (tertiary/aromatic N) is 1. The van der Waals surface area contributed by atoms with Gasteiger partial charge in [0.1, 0.15) is 0 Å². The summed E-state index contributed by atoms with van der Waals surface area (Å²) in [5, 5.41) is 10.8. The molecule has 90 valence electrons. The SMILES string of the molecule is CC(N)Cc1ccc(N2CCC(O)CC2)s1. The Balaban J connectivity index is 1.96. The van der Waals surface area contributed by atoms with Gasteiger partial charge in [-0.2, -0.15) is 0 Å². The third-order valence-corrected chi connectivity index (χ3v) is 4.12. The van der Waals surface area contributed by atoms with Crippen LogP contribution >= 0.6 is 11.3 Å². The van der Waals surface area contributed by atoms with Crippen molar-refractivity contribution in [3.8, 4) is 0 Å². The van der Waals surface area contributed by atoms with Crippen LogP contribution in [0.15, 0.2) is 12.1 Å². The molecule has 0 radical (unpaired) electrons. The predicted octanol–water partition coefficient (Wildman–Crippen LogP) is 1.60. The molecule has 0 saturated carbocycles. The van der Waals surface area contributed by atoms with Gasteiger partial charge in [-0.15, -0.1) is 11.3 Å². The molecule has 1 saturated heterocycles. The van der Waals surface area contributed by atoms with Gasteiger partial charge in [-0.3, -0.25) is 0 Å². The Kier molecular flexibility index (Phi) is 3.84. The fraction of sp³-hybridized carbons (Fsp3) is 0.667. The first-order chi connectivity index (χ1) is 7.65. The third kappa shape index (κ3) is 2.97. The lowest BCUT2D eigenvalue weighted by Gasteiger charge is -2.30. The van der Waals surface area contributed by atoms with E-state index in [1.807, 2.05) is 18.3 Å². The molecule has 0 amide bonds. The molecule has 3 nitrogen and oxygen atoms in total. The number of aliphatic hydroxyl groups excluding tert-OH is 1. The first-order valence-corrected chi connectivity index (χ1v) is 6.74. The number of anilines is 1. The molecule has 1 aromatic heterocycles. The van der Waals surface area contributed by atoms with Crippen molar-refractivity contribution in [1.29, 1.82) is 0 Å². The molecule has 2 heterocycles. The van der Waals surface area contributed by atoms with Gasteiger partial charge in [0, 0.05) is 24.0 Å². The van der Waals surface area contributed by atoms with E-state index in [-0.39, 0.29) is 12.1 Å². The molecule has 0 aliphatic carbocycles. The van der Waals surface area contributed by atoms with E-state index in [0.717, 1.165) is 32.4 Å². The summed E-state index contributed by atoms with van der Waals surface area (Å²) in [7, 11) is 0. The van der Waals surface area contributed by atoms with Crippen molar-refractivity contribution in [3.05, 3.63) is 17.0 Å². The molecule has 1 aromatic rings. The van der Waals surface area contributed by atoms with Gasteiger partial charge in [0.25, 0.3) is 0 Å². The monoisotopic (exact) mass is 240 g/mol. The number of thiophene rings is 1. The van der Waals surface area contributed by atoms with Crippen molar-refractivity contribution in [2.24, 2.45) is 5.73 Å². The summed E-state index contributed by atoms with van der Waals surface area (Å²) in [6.45, 7) is 3.98. The minimum atomic E-state index is -0.0975. The van der Waals surface area contributed by atoms with Crippen LogP contribution in [0.25, 0.3) is 0 Å². The maximum Gasteiger partial charge on any atom is 0.0911 e. The van der Waals surface area contributed by atoms with Gasteiger partial charge in [-0.25, -0.2) is 0 Å². The van der Waals surface area contributed by atoms with Crippen molar-refractivity contribution in [2.45, 2.75) is 38.3 Å². The van der Waals surface area contributed by atoms with E-state index in [4.69, 9.17) is 5.73 Å². The fourth-order valence-electron chi connectivity index (χ4n) is 2.05. The standard InChI is InChI=1S/C12H20N2OS/c1-9(13)8-11-2-3-12(16-11)14-6-4-10(15)5-7-14/h2-3,9-10,15H,4-8,13H2,1H3. The molecule has 3 N–H and O–H groups in total. The number of rotatable bonds is 3. The minimum absolute atomic E-state index is 0.0975. The van der Waals surface area contributed by atoms with Crippen LogP contribution in [0.2, 0.25) is 0 Å². The zero-order chi connectivity index (χ0) is 11.5. The van der Waals surface area contributed by atoms with E-state index in [2.05, 4.69) is 17.0 Å². The summed E-state index contributed by atoms with van der Waals surface area (Å²) >= 11 is 1.83. The second kappa shape index (κ2) is 5.17. The van der Waals surface area contributed by atoms with E-state index < -0.39 is 0 Å². The fourth-order valence-corrected chi connectivity index (χ4v) is 3.25. The molecule has 0 spiro atoms. The van der Waals surface area contributed by atoms with Crippen LogP contribution in [0.3, 0.4) is 0 Å². The Morgan fingerprint density at radius 3 is 2.81 bits per heavy atom. The van der Waals surface area contributed by atoms with E-state index >= 15 is 0 Å². The number of hydrogen-bond acceptors (Lipinski definition) is 4. The molecule has 1 fully saturated rings. The van der Waals surface area contributed by atoms with Crippen molar-refractivity contribution in [2.75, 3.05) is 18.0 Å². The highest BCUT2D eigenvalue weighted by Crippen LogP contribution is 2.29. The van der Waals surface area contributed by atoms with Gasteiger partial charge in [-0.1, -0.05) is 0 Å². The van der Waals surface area contributed by atoms with E-state index in [1.54, 1.807) is 0 Å². The average Bonchev–Trinajstić information content (AvgIpc) is 2.66. The maximum atomic E-state index is 9.46. The minimum Gasteiger partial charge on any atom is -0.393 e. The van der Waals surface area contributed by atoms with Crippen molar-refractivity contribution >= 4 is 16.3 Å². The number of piperidine rings is 1. The molecular weight excluding hydrogens is 220 g/mol. The van der Waals surface area contributed by atoms with Gasteiger partial charge >= 0.3 is 0 Å². The van der Waals surface area contributed by atoms with Crippen LogP contribution in [0.5, 0.6) is 0 Å². The molecule has 1 aliphatic rings. The molecule has 1 unspecified atom stereocenters. The Bertz CT molecular complexity index is 330. The van der Waals surface area contributed by atoms with Gasteiger partial charge in [0.2, 0.25) is 0 Å². The van der Waals surface area contributed by atoms with E-state index in [9.17, 15) is 5.11 Å². The Hall–Kier alpha value is -0.580. The first-order valence-electron chi connectivity index (χ1n) is 5.92. The molecule has 1 atom stereocenters. The van der Waals surface area contributed by atoms with Gasteiger partial charge in [0.15, 0.2) is 0 Å². The molecule has 2 rings (SSSR count). The van der Waals surface area contributed by atoms with Crippen LogP contribution in [0.1, 0.15) is 24.6 Å². The quantitative estimate of drug-likeness (QED) is 0.843. The summed E-state index contributed by atoms with van der Waals surface area (Å²) in [6, 6.07) is 4.59.